The summed E-state index contributed by atoms with van der Waals surface area (Å²) in [6, 6.07) is 0. The highest BCUT2D eigenvalue weighted by Gasteiger charge is 2.51. The first-order valence-electron chi connectivity index (χ1n) is 8.84. The summed E-state index contributed by atoms with van der Waals surface area (Å²) in [6.07, 6.45) is 6.48. The topological polar surface area (TPSA) is 36.9 Å². The Hall–Kier alpha value is -0.0301. The standard InChI is InChI=1S/C16H30B2O4/c1-15(2,3)17-19-11-12(20-17)10-16(4,5)18-21-13-8-6-7-9-14(13)22-18/h12-14H,6-11H2,1-5H3/t12?,13-,14+. The van der Waals surface area contributed by atoms with E-state index in [0.29, 0.717) is 18.8 Å². The van der Waals surface area contributed by atoms with Crippen LogP contribution in [0.1, 0.15) is 66.7 Å². The third-order valence-electron chi connectivity index (χ3n) is 5.09. The molecule has 3 fully saturated rings. The Kier molecular flexibility index (Phi) is 4.68. The lowest BCUT2D eigenvalue weighted by molar-refractivity contribution is 0.110. The highest BCUT2D eigenvalue weighted by atomic mass is 16.7. The molecule has 22 heavy (non-hydrogen) atoms. The van der Waals surface area contributed by atoms with Crippen molar-refractivity contribution < 1.29 is 18.6 Å². The second-order valence-electron chi connectivity index (χ2n) is 8.95. The molecule has 2 aliphatic heterocycles. The van der Waals surface area contributed by atoms with Crippen LogP contribution in [0.25, 0.3) is 0 Å². The lowest BCUT2D eigenvalue weighted by atomic mass is 9.57. The zero-order valence-corrected chi connectivity index (χ0v) is 14.8. The van der Waals surface area contributed by atoms with Crippen molar-refractivity contribution in [1.29, 1.82) is 0 Å². The van der Waals surface area contributed by atoms with Gasteiger partial charge in [-0.15, -0.1) is 0 Å². The van der Waals surface area contributed by atoms with Crippen molar-refractivity contribution in [3.63, 3.8) is 0 Å². The largest absolute Gasteiger partial charge is 0.463 e. The summed E-state index contributed by atoms with van der Waals surface area (Å²) in [7, 11) is -0.223. The molecule has 0 aromatic heterocycles. The van der Waals surface area contributed by atoms with Gasteiger partial charge in [-0.3, -0.25) is 0 Å². The molecule has 1 saturated carbocycles. The fourth-order valence-corrected chi connectivity index (χ4v) is 3.78. The molecule has 0 bridgehead atoms. The minimum absolute atomic E-state index is 0.0220. The molecule has 0 N–H and O–H groups in total. The quantitative estimate of drug-likeness (QED) is 0.745. The van der Waals surface area contributed by atoms with E-state index in [9.17, 15) is 0 Å². The molecule has 3 rings (SSSR count). The van der Waals surface area contributed by atoms with Gasteiger partial charge in [-0.05, 0) is 24.6 Å². The molecule has 0 aromatic carbocycles. The van der Waals surface area contributed by atoms with E-state index < -0.39 is 0 Å². The van der Waals surface area contributed by atoms with Crippen LogP contribution < -0.4 is 0 Å². The maximum atomic E-state index is 6.22. The lowest BCUT2D eigenvalue weighted by Gasteiger charge is -2.29. The predicted molar refractivity (Wildman–Crippen MR) is 88.9 cm³/mol. The monoisotopic (exact) mass is 308 g/mol. The van der Waals surface area contributed by atoms with Gasteiger partial charge in [0.1, 0.15) is 0 Å². The SMILES string of the molecule is CC(C)(C)B1OCC(CC(C)(C)B2O[C@H]3CCCC[C@H]3O2)O1. The first-order valence-corrected chi connectivity index (χ1v) is 8.84. The first-order chi connectivity index (χ1) is 10.3. The maximum absolute atomic E-state index is 6.22. The lowest BCUT2D eigenvalue weighted by Crippen LogP contribution is -2.35. The van der Waals surface area contributed by atoms with Crippen molar-refractivity contribution in [3.05, 3.63) is 0 Å². The molecule has 3 aliphatic rings. The van der Waals surface area contributed by atoms with Gasteiger partial charge in [0.25, 0.3) is 0 Å². The van der Waals surface area contributed by atoms with Gasteiger partial charge in [-0.2, -0.15) is 0 Å². The summed E-state index contributed by atoms with van der Waals surface area (Å²) in [5, 5.41) is -0.0354. The van der Waals surface area contributed by atoms with Crippen LogP contribution in [0.5, 0.6) is 0 Å². The van der Waals surface area contributed by atoms with Gasteiger partial charge >= 0.3 is 14.2 Å². The van der Waals surface area contributed by atoms with Gasteiger partial charge in [-0.1, -0.05) is 47.5 Å². The highest BCUT2D eigenvalue weighted by molar-refractivity contribution is 6.49. The average molecular weight is 308 g/mol. The molecule has 2 saturated heterocycles. The zero-order valence-electron chi connectivity index (χ0n) is 14.8. The van der Waals surface area contributed by atoms with E-state index in [4.69, 9.17) is 18.6 Å². The minimum Gasteiger partial charge on any atom is -0.408 e. The van der Waals surface area contributed by atoms with Gasteiger partial charge in [0, 0.05) is 5.31 Å². The third-order valence-corrected chi connectivity index (χ3v) is 5.09. The van der Waals surface area contributed by atoms with Crippen molar-refractivity contribution in [3.8, 4) is 0 Å². The summed E-state index contributed by atoms with van der Waals surface area (Å²) in [5.41, 5.74) is 0. The van der Waals surface area contributed by atoms with Crippen molar-refractivity contribution in [2.24, 2.45) is 0 Å². The zero-order chi connectivity index (χ0) is 16.0. The maximum Gasteiger partial charge on any atom is 0.463 e. The third kappa shape index (κ3) is 3.55. The Bertz CT molecular complexity index is 382. The number of hydrogen-bond donors (Lipinski definition) is 0. The summed E-state index contributed by atoms with van der Waals surface area (Å²) < 4.78 is 24.4. The van der Waals surface area contributed by atoms with Gasteiger partial charge in [0.05, 0.1) is 24.9 Å². The van der Waals surface area contributed by atoms with Crippen molar-refractivity contribution >= 4 is 14.2 Å². The molecule has 1 unspecified atom stereocenters. The summed E-state index contributed by atoms with van der Waals surface area (Å²) in [6.45, 7) is 11.6. The van der Waals surface area contributed by atoms with Crippen LogP contribution in [0.4, 0.5) is 0 Å². The Morgan fingerprint density at radius 3 is 1.95 bits per heavy atom. The van der Waals surface area contributed by atoms with E-state index in [-0.39, 0.29) is 31.0 Å². The van der Waals surface area contributed by atoms with E-state index in [2.05, 4.69) is 34.6 Å². The fraction of sp³-hybridized carbons (Fsp3) is 1.00. The van der Waals surface area contributed by atoms with E-state index in [1.165, 1.54) is 12.8 Å². The average Bonchev–Trinajstić information content (AvgIpc) is 3.03. The smallest absolute Gasteiger partial charge is 0.408 e. The van der Waals surface area contributed by atoms with Crippen molar-refractivity contribution in [2.75, 3.05) is 6.61 Å². The van der Waals surface area contributed by atoms with Gasteiger partial charge in [-0.25, -0.2) is 0 Å². The molecular weight excluding hydrogens is 278 g/mol. The van der Waals surface area contributed by atoms with Gasteiger partial charge in [0.2, 0.25) is 0 Å². The van der Waals surface area contributed by atoms with Crippen LogP contribution >= 0.6 is 0 Å². The summed E-state index contributed by atoms with van der Waals surface area (Å²) in [4.78, 5) is 0. The number of rotatable bonds is 3. The summed E-state index contributed by atoms with van der Waals surface area (Å²) >= 11 is 0. The van der Waals surface area contributed by atoms with Crippen LogP contribution in [-0.4, -0.2) is 39.2 Å². The Morgan fingerprint density at radius 2 is 1.45 bits per heavy atom. The predicted octanol–water partition coefficient (Wildman–Crippen LogP) is 3.71. The van der Waals surface area contributed by atoms with Crippen LogP contribution in [-0.2, 0) is 18.6 Å². The second-order valence-corrected chi connectivity index (χ2v) is 8.95. The van der Waals surface area contributed by atoms with E-state index >= 15 is 0 Å². The second kappa shape index (κ2) is 6.12. The van der Waals surface area contributed by atoms with Gasteiger partial charge in [0.15, 0.2) is 0 Å². The van der Waals surface area contributed by atoms with Crippen LogP contribution in [0.15, 0.2) is 0 Å². The van der Waals surface area contributed by atoms with Crippen molar-refractivity contribution in [2.45, 2.75) is 95.7 Å². The van der Waals surface area contributed by atoms with E-state index in [1.54, 1.807) is 0 Å². The van der Waals surface area contributed by atoms with Crippen LogP contribution in [0.2, 0.25) is 10.6 Å². The molecule has 1 aliphatic carbocycles. The number of hydrogen-bond acceptors (Lipinski definition) is 4. The molecular formula is C16H30B2O4. The Labute approximate surface area is 135 Å². The molecule has 4 nitrogen and oxygen atoms in total. The fourth-order valence-electron chi connectivity index (χ4n) is 3.78. The van der Waals surface area contributed by atoms with Gasteiger partial charge < -0.3 is 18.6 Å². The molecule has 6 heteroatoms. The summed E-state index contributed by atoms with van der Waals surface area (Å²) in [5.74, 6) is 0. The molecule has 124 valence electrons. The van der Waals surface area contributed by atoms with Crippen LogP contribution in [0.3, 0.4) is 0 Å². The van der Waals surface area contributed by atoms with Crippen LogP contribution in [0, 0.1) is 0 Å². The molecule has 0 aromatic rings. The Balaban J connectivity index is 1.55. The van der Waals surface area contributed by atoms with E-state index in [1.807, 2.05) is 0 Å². The molecule has 0 spiro atoms. The van der Waals surface area contributed by atoms with Crippen molar-refractivity contribution in [1.82, 2.24) is 0 Å². The Morgan fingerprint density at radius 1 is 0.864 bits per heavy atom. The number of fused-ring (bicyclic) bond motifs is 1. The highest BCUT2D eigenvalue weighted by Crippen LogP contribution is 2.44. The normalized spacial score (nSPS) is 33.4. The molecule has 3 atom stereocenters. The molecule has 2 heterocycles. The molecule has 0 radical (unpaired) electrons. The first kappa shape index (κ1) is 16.8. The van der Waals surface area contributed by atoms with E-state index in [0.717, 1.165) is 19.3 Å². The molecule has 0 amide bonds. The minimum atomic E-state index is -0.113.